The summed E-state index contributed by atoms with van der Waals surface area (Å²) in [5.41, 5.74) is 0.213. The summed E-state index contributed by atoms with van der Waals surface area (Å²) in [4.78, 5) is 10.7. The first kappa shape index (κ1) is 16.2. The van der Waals surface area contributed by atoms with Crippen molar-refractivity contribution in [3.05, 3.63) is 35.1 Å². The van der Waals surface area contributed by atoms with Crippen LogP contribution in [0.25, 0.3) is 0 Å². The van der Waals surface area contributed by atoms with Crippen LogP contribution in [0.4, 0.5) is 4.39 Å². The molecule has 0 saturated carbocycles. The van der Waals surface area contributed by atoms with E-state index in [-0.39, 0.29) is 11.1 Å². The number of unbranched alkanes of at least 4 members (excludes halogenated alkanes) is 6. The topological polar surface area (TPSA) is 37.3 Å². The lowest BCUT2D eigenvalue weighted by atomic mass is 10.1. The summed E-state index contributed by atoms with van der Waals surface area (Å²) in [7, 11) is 0. The Balaban J connectivity index is 2.38. The number of aromatic carboxylic acids is 1. The van der Waals surface area contributed by atoms with Gasteiger partial charge in [0.05, 0.1) is 11.1 Å². The quantitative estimate of drug-likeness (QED) is 0.582. The lowest BCUT2D eigenvalue weighted by Gasteiger charge is -1.98. The van der Waals surface area contributed by atoms with Crippen LogP contribution < -0.4 is 0 Å². The van der Waals surface area contributed by atoms with E-state index in [9.17, 15) is 9.18 Å². The van der Waals surface area contributed by atoms with Gasteiger partial charge in [-0.25, -0.2) is 9.18 Å². The lowest BCUT2D eigenvalue weighted by molar-refractivity contribution is 0.0696. The van der Waals surface area contributed by atoms with E-state index in [4.69, 9.17) is 5.11 Å². The van der Waals surface area contributed by atoms with Crippen LogP contribution in [0.1, 0.15) is 67.8 Å². The van der Waals surface area contributed by atoms with Crippen molar-refractivity contribution < 1.29 is 14.3 Å². The first-order valence-electron chi connectivity index (χ1n) is 7.17. The van der Waals surface area contributed by atoms with Gasteiger partial charge >= 0.3 is 5.97 Å². The fourth-order valence-corrected chi connectivity index (χ4v) is 1.90. The van der Waals surface area contributed by atoms with Gasteiger partial charge in [0.1, 0.15) is 5.82 Å². The number of hydrogen-bond acceptors (Lipinski definition) is 1. The zero-order valence-corrected chi connectivity index (χ0v) is 11.9. The molecule has 0 aliphatic heterocycles. The molecule has 20 heavy (non-hydrogen) atoms. The zero-order chi connectivity index (χ0) is 14.8. The predicted octanol–water partition coefficient (Wildman–Crippen LogP) is 4.63. The third kappa shape index (κ3) is 5.88. The molecule has 108 valence electrons. The number of benzene rings is 1. The molecule has 0 amide bonds. The van der Waals surface area contributed by atoms with E-state index in [1.165, 1.54) is 37.8 Å². The highest BCUT2D eigenvalue weighted by Gasteiger charge is 2.06. The van der Waals surface area contributed by atoms with Gasteiger partial charge in [-0.3, -0.25) is 0 Å². The van der Waals surface area contributed by atoms with Crippen molar-refractivity contribution in [2.24, 2.45) is 0 Å². The standard InChI is InChI=1S/C17H21FO2/c1-2-3-4-5-6-7-8-9-10-14-11-12-15(17(19)20)13-16(14)18/h11-13H,2-8H2,1H3,(H,19,20). The van der Waals surface area contributed by atoms with Crippen LogP contribution in [0.3, 0.4) is 0 Å². The van der Waals surface area contributed by atoms with Gasteiger partial charge in [-0.15, -0.1) is 0 Å². The predicted molar refractivity (Wildman–Crippen MR) is 78.2 cm³/mol. The minimum absolute atomic E-state index is 0.0519. The average Bonchev–Trinajstić information content (AvgIpc) is 2.43. The Hall–Kier alpha value is -1.82. The van der Waals surface area contributed by atoms with E-state index >= 15 is 0 Å². The Labute approximate surface area is 120 Å². The van der Waals surface area contributed by atoms with Crippen LogP contribution in [0, 0.1) is 17.7 Å². The van der Waals surface area contributed by atoms with E-state index in [2.05, 4.69) is 18.8 Å². The highest BCUT2D eigenvalue weighted by molar-refractivity contribution is 5.87. The molecule has 0 spiro atoms. The molecule has 0 unspecified atom stereocenters. The lowest BCUT2D eigenvalue weighted by Crippen LogP contribution is -1.97. The molecule has 1 aromatic carbocycles. The molecule has 3 heteroatoms. The van der Waals surface area contributed by atoms with E-state index in [0.29, 0.717) is 0 Å². The minimum Gasteiger partial charge on any atom is -0.478 e. The Morgan fingerprint density at radius 1 is 1.20 bits per heavy atom. The molecule has 0 heterocycles. The van der Waals surface area contributed by atoms with Gasteiger partial charge in [0.2, 0.25) is 0 Å². The fraction of sp³-hybridized carbons (Fsp3) is 0.471. The molecule has 0 saturated heterocycles. The Kier molecular flexibility index (Phi) is 7.42. The minimum atomic E-state index is -1.13. The Bertz CT molecular complexity index is 497. The van der Waals surface area contributed by atoms with E-state index in [0.717, 1.165) is 25.3 Å². The van der Waals surface area contributed by atoms with Crippen LogP contribution in [-0.4, -0.2) is 11.1 Å². The monoisotopic (exact) mass is 276 g/mol. The SMILES string of the molecule is CCCCCCCCC#Cc1ccc(C(=O)O)cc1F. The molecule has 0 radical (unpaired) electrons. The van der Waals surface area contributed by atoms with Gasteiger partial charge in [-0.1, -0.05) is 50.9 Å². The van der Waals surface area contributed by atoms with Crippen LogP contribution in [0.2, 0.25) is 0 Å². The third-order valence-corrected chi connectivity index (χ3v) is 3.09. The summed E-state index contributed by atoms with van der Waals surface area (Å²) in [6, 6.07) is 3.81. The number of halogens is 1. The molecule has 2 nitrogen and oxygen atoms in total. The molecule has 0 aliphatic carbocycles. The molecule has 1 N–H and O–H groups in total. The summed E-state index contributed by atoms with van der Waals surface area (Å²) >= 11 is 0. The molecule has 1 rings (SSSR count). The normalized spacial score (nSPS) is 9.90. The van der Waals surface area contributed by atoms with Crippen LogP contribution >= 0.6 is 0 Å². The highest BCUT2D eigenvalue weighted by atomic mass is 19.1. The fourth-order valence-electron chi connectivity index (χ4n) is 1.90. The first-order chi connectivity index (χ1) is 9.65. The largest absolute Gasteiger partial charge is 0.478 e. The summed E-state index contributed by atoms with van der Waals surface area (Å²) in [5, 5.41) is 8.73. The molecule has 0 aliphatic rings. The first-order valence-corrected chi connectivity index (χ1v) is 7.17. The average molecular weight is 276 g/mol. The second kappa shape index (κ2) is 9.14. The van der Waals surface area contributed by atoms with E-state index in [1.807, 2.05) is 0 Å². The molecular weight excluding hydrogens is 255 g/mol. The molecule has 0 bridgehead atoms. The van der Waals surface area contributed by atoms with Crippen LogP contribution in [-0.2, 0) is 0 Å². The number of carboxylic acid groups (broad SMARTS) is 1. The van der Waals surface area contributed by atoms with Crippen molar-refractivity contribution in [1.29, 1.82) is 0 Å². The van der Waals surface area contributed by atoms with Crippen molar-refractivity contribution in [3.63, 3.8) is 0 Å². The smallest absolute Gasteiger partial charge is 0.335 e. The number of carboxylic acids is 1. The van der Waals surface area contributed by atoms with Gasteiger partial charge in [-0.2, -0.15) is 0 Å². The van der Waals surface area contributed by atoms with Gasteiger partial charge < -0.3 is 5.11 Å². The maximum Gasteiger partial charge on any atom is 0.335 e. The van der Waals surface area contributed by atoms with Gasteiger partial charge in [0, 0.05) is 6.42 Å². The third-order valence-electron chi connectivity index (χ3n) is 3.09. The zero-order valence-electron chi connectivity index (χ0n) is 11.9. The van der Waals surface area contributed by atoms with E-state index in [1.54, 1.807) is 0 Å². The summed E-state index contributed by atoms with van der Waals surface area (Å²) in [6.45, 7) is 2.19. The molecular formula is C17H21FO2. The van der Waals surface area contributed by atoms with Crippen LogP contribution in [0.5, 0.6) is 0 Å². The Morgan fingerprint density at radius 2 is 1.90 bits per heavy atom. The summed E-state index contributed by atoms with van der Waals surface area (Å²) < 4.78 is 13.6. The van der Waals surface area contributed by atoms with Gasteiger partial charge in [0.15, 0.2) is 0 Å². The van der Waals surface area contributed by atoms with Crippen molar-refractivity contribution in [1.82, 2.24) is 0 Å². The molecule has 0 atom stereocenters. The van der Waals surface area contributed by atoms with Crippen molar-refractivity contribution in [2.45, 2.75) is 51.9 Å². The van der Waals surface area contributed by atoms with Gasteiger partial charge in [0.25, 0.3) is 0 Å². The number of hydrogen-bond donors (Lipinski definition) is 1. The van der Waals surface area contributed by atoms with Crippen molar-refractivity contribution >= 4 is 5.97 Å². The van der Waals surface area contributed by atoms with Crippen molar-refractivity contribution in [2.75, 3.05) is 0 Å². The molecule has 0 fully saturated rings. The molecule has 0 aromatic heterocycles. The summed E-state index contributed by atoms with van der Waals surface area (Å²) in [5.74, 6) is 4.01. The maximum atomic E-state index is 13.6. The van der Waals surface area contributed by atoms with Gasteiger partial charge in [-0.05, 0) is 24.6 Å². The summed E-state index contributed by atoms with van der Waals surface area (Å²) in [6.07, 6.45) is 7.98. The van der Waals surface area contributed by atoms with Crippen LogP contribution in [0.15, 0.2) is 18.2 Å². The maximum absolute atomic E-state index is 13.6. The Morgan fingerprint density at radius 3 is 2.55 bits per heavy atom. The number of rotatable bonds is 7. The van der Waals surface area contributed by atoms with E-state index < -0.39 is 11.8 Å². The second-order valence-corrected chi connectivity index (χ2v) is 4.82. The number of carbonyl (C=O) groups is 1. The molecule has 1 aromatic rings. The second-order valence-electron chi connectivity index (χ2n) is 4.82. The highest BCUT2D eigenvalue weighted by Crippen LogP contribution is 2.10. The van der Waals surface area contributed by atoms with Crippen molar-refractivity contribution in [3.8, 4) is 11.8 Å².